The fourth-order valence-electron chi connectivity index (χ4n) is 3.51. The van der Waals surface area contributed by atoms with Gasteiger partial charge in [0, 0.05) is 36.6 Å². The van der Waals surface area contributed by atoms with Crippen molar-refractivity contribution in [1.29, 1.82) is 0 Å². The number of aryl methyl sites for hydroxylation is 2. The van der Waals surface area contributed by atoms with Gasteiger partial charge in [-0.1, -0.05) is 0 Å². The van der Waals surface area contributed by atoms with Gasteiger partial charge in [0.15, 0.2) is 0 Å². The number of ether oxygens (including phenoxy) is 2. The van der Waals surface area contributed by atoms with Crippen LogP contribution in [0.2, 0.25) is 0 Å². The summed E-state index contributed by atoms with van der Waals surface area (Å²) in [5.74, 6) is 0.0707. The van der Waals surface area contributed by atoms with Crippen LogP contribution in [0.4, 0.5) is 0 Å². The molecular weight excluding hydrogens is 280 g/mol. The van der Waals surface area contributed by atoms with Gasteiger partial charge in [-0.15, -0.1) is 0 Å². The minimum absolute atomic E-state index is 0.0707. The largest absolute Gasteiger partial charge is 0.378 e. The predicted molar refractivity (Wildman–Crippen MR) is 82.9 cm³/mol. The Labute approximate surface area is 131 Å². The summed E-state index contributed by atoms with van der Waals surface area (Å²) in [7, 11) is 0. The van der Waals surface area contributed by atoms with E-state index in [0.29, 0.717) is 13.1 Å². The van der Waals surface area contributed by atoms with Crippen molar-refractivity contribution in [2.45, 2.75) is 45.3 Å². The molecule has 3 heterocycles. The summed E-state index contributed by atoms with van der Waals surface area (Å²) in [5, 5.41) is 0. The van der Waals surface area contributed by atoms with E-state index in [1.807, 2.05) is 37.8 Å². The lowest BCUT2D eigenvalue weighted by molar-refractivity contribution is -0.185. The number of amides is 1. The number of hydrogen-bond acceptors (Lipinski definition) is 4. The number of carbonyl (C=O) groups excluding carboxylic acids is 1. The van der Waals surface area contributed by atoms with Crippen LogP contribution >= 0.6 is 0 Å². The van der Waals surface area contributed by atoms with Crippen molar-refractivity contribution in [3.8, 4) is 0 Å². The second kappa shape index (κ2) is 5.97. The molecule has 1 spiro atoms. The standard InChI is InChI=1S/C17H24N2O3/c1-4-21-15-5-6-22-17(9-15)10-19(11-17)16(20)14-7-12(2)18-13(3)8-14/h7-8,15H,4-6,9-11H2,1-3H3/t15-/m1/s1. The van der Waals surface area contributed by atoms with Gasteiger partial charge in [-0.3, -0.25) is 9.78 Å². The number of carbonyl (C=O) groups is 1. The molecule has 0 aromatic carbocycles. The highest BCUT2D eigenvalue weighted by Crippen LogP contribution is 2.36. The Hall–Kier alpha value is -1.46. The number of pyridine rings is 1. The van der Waals surface area contributed by atoms with Crippen LogP contribution < -0.4 is 0 Å². The predicted octanol–water partition coefficient (Wildman–Crippen LogP) is 2.11. The minimum Gasteiger partial charge on any atom is -0.378 e. The number of nitrogens with zero attached hydrogens (tertiary/aromatic N) is 2. The molecule has 5 nitrogen and oxygen atoms in total. The van der Waals surface area contributed by atoms with Crippen molar-refractivity contribution in [3.05, 3.63) is 29.1 Å². The fourth-order valence-corrected chi connectivity index (χ4v) is 3.51. The van der Waals surface area contributed by atoms with Crippen LogP contribution in [-0.2, 0) is 9.47 Å². The maximum atomic E-state index is 12.6. The second-order valence-corrected chi connectivity index (χ2v) is 6.40. The molecule has 0 N–H and O–H groups in total. The molecule has 2 fully saturated rings. The lowest BCUT2D eigenvalue weighted by atomic mass is 9.84. The number of hydrogen-bond donors (Lipinski definition) is 0. The van der Waals surface area contributed by atoms with Crippen LogP contribution in [0.5, 0.6) is 0 Å². The summed E-state index contributed by atoms with van der Waals surface area (Å²) >= 11 is 0. The van der Waals surface area contributed by atoms with Crippen molar-refractivity contribution in [3.63, 3.8) is 0 Å². The van der Waals surface area contributed by atoms with Gasteiger partial charge in [0.25, 0.3) is 5.91 Å². The van der Waals surface area contributed by atoms with Crippen molar-refractivity contribution in [2.75, 3.05) is 26.3 Å². The van der Waals surface area contributed by atoms with Gasteiger partial charge in [0.1, 0.15) is 5.60 Å². The minimum atomic E-state index is -0.190. The van der Waals surface area contributed by atoms with E-state index in [1.54, 1.807) is 0 Å². The molecule has 2 aliphatic rings. The van der Waals surface area contributed by atoms with E-state index >= 15 is 0 Å². The lowest BCUT2D eigenvalue weighted by Crippen LogP contribution is -2.67. The van der Waals surface area contributed by atoms with E-state index in [0.717, 1.165) is 43.0 Å². The number of likely N-dealkylation sites (tertiary alicyclic amines) is 1. The van der Waals surface area contributed by atoms with Crippen molar-refractivity contribution in [1.82, 2.24) is 9.88 Å². The van der Waals surface area contributed by atoms with E-state index in [-0.39, 0.29) is 17.6 Å². The first-order valence-electron chi connectivity index (χ1n) is 8.01. The van der Waals surface area contributed by atoms with E-state index in [9.17, 15) is 4.79 Å². The van der Waals surface area contributed by atoms with Gasteiger partial charge in [0.05, 0.1) is 19.2 Å². The van der Waals surface area contributed by atoms with Crippen LogP contribution in [0.1, 0.15) is 41.5 Å². The molecule has 1 aromatic rings. The molecule has 5 heteroatoms. The summed E-state index contributed by atoms with van der Waals surface area (Å²) in [5.41, 5.74) is 2.29. The Kier molecular flexibility index (Phi) is 4.19. The van der Waals surface area contributed by atoms with Crippen molar-refractivity contribution < 1.29 is 14.3 Å². The Morgan fingerprint density at radius 3 is 2.73 bits per heavy atom. The zero-order chi connectivity index (χ0) is 15.7. The first kappa shape index (κ1) is 15.4. The van der Waals surface area contributed by atoms with E-state index in [4.69, 9.17) is 9.47 Å². The third-order valence-electron chi connectivity index (χ3n) is 4.42. The Bertz CT molecular complexity index is 545. The highest BCUT2D eigenvalue weighted by Gasteiger charge is 2.49. The molecule has 0 unspecified atom stereocenters. The normalized spacial score (nSPS) is 23.4. The number of rotatable bonds is 3. The lowest BCUT2D eigenvalue weighted by Gasteiger charge is -2.53. The third kappa shape index (κ3) is 3.01. The molecule has 22 heavy (non-hydrogen) atoms. The molecular formula is C17H24N2O3. The van der Waals surface area contributed by atoms with Crippen molar-refractivity contribution >= 4 is 5.91 Å². The zero-order valence-electron chi connectivity index (χ0n) is 13.6. The van der Waals surface area contributed by atoms with Gasteiger partial charge < -0.3 is 14.4 Å². The summed E-state index contributed by atoms with van der Waals surface area (Å²) in [6.45, 7) is 8.63. The summed E-state index contributed by atoms with van der Waals surface area (Å²) in [4.78, 5) is 18.8. The van der Waals surface area contributed by atoms with Gasteiger partial charge in [-0.05, 0) is 39.3 Å². The molecule has 120 valence electrons. The van der Waals surface area contributed by atoms with Crippen LogP contribution in [0, 0.1) is 13.8 Å². The molecule has 2 aliphatic heterocycles. The second-order valence-electron chi connectivity index (χ2n) is 6.40. The zero-order valence-corrected chi connectivity index (χ0v) is 13.6. The average Bonchev–Trinajstić information content (AvgIpc) is 2.43. The Morgan fingerprint density at radius 1 is 1.41 bits per heavy atom. The van der Waals surface area contributed by atoms with E-state index in [2.05, 4.69) is 4.98 Å². The maximum absolute atomic E-state index is 12.6. The van der Waals surface area contributed by atoms with Crippen LogP contribution in [0.3, 0.4) is 0 Å². The SMILES string of the molecule is CCO[C@@H]1CCOC2(C1)CN(C(=O)c1cc(C)nc(C)c1)C2. The molecule has 1 aromatic heterocycles. The van der Waals surface area contributed by atoms with Gasteiger partial charge in [-0.25, -0.2) is 0 Å². The monoisotopic (exact) mass is 304 g/mol. The topological polar surface area (TPSA) is 51.7 Å². The third-order valence-corrected chi connectivity index (χ3v) is 4.42. The molecule has 1 atom stereocenters. The molecule has 1 amide bonds. The van der Waals surface area contributed by atoms with Gasteiger partial charge in [0.2, 0.25) is 0 Å². The average molecular weight is 304 g/mol. The first-order valence-corrected chi connectivity index (χ1v) is 8.01. The quantitative estimate of drug-likeness (QED) is 0.858. The molecule has 0 aliphatic carbocycles. The smallest absolute Gasteiger partial charge is 0.254 e. The highest BCUT2D eigenvalue weighted by atomic mass is 16.5. The van der Waals surface area contributed by atoms with Crippen molar-refractivity contribution in [2.24, 2.45) is 0 Å². The summed E-state index contributed by atoms with van der Waals surface area (Å²) in [6, 6.07) is 3.70. The molecule has 3 rings (SSSR count). The molecule has 0 saturated carbocycles. The van der Waals surface area contributed by atoms with Crippen LogP contribution in [-0.4, -0.2) is 53.8 Å². The molecule has 0 bridgehead atoms. The van der Waals surface area contributed by atoms with E-state index in [1.165, 1.54) is 0 Å². The van der Waals surface area contributed by atoms with Crippen LogP contribution in [0.25, 0.3) is 0 Å². The molecule has 2 saturated heterocycles. The highest BCUT2D eigenvalue weighted by molar-refractivity contribution is 5.95. The fraction of sp³-hybridized carbons (Fsp3) is 0.647. The van der Waals surface area contributed by atoms with Gasteiger partial charge in [-0.2, -0.15) is 0 Å². The summed E-state index contributed by atoms with van der Waals surface area (Å²) < 4.78 is 11.7. The molecule has 0 radical (unpaired) electrons. The number of aromatic nitrogens is 1. The summed E-state index contributed by atoms with van der Waals surface area (Å²) in [6.07, 6.45) is 2.10. The first-order chi connectivity index (χ1) is 10.5. The Morgan fingerprint density at radius 2 is 2.09 bits per heavy atom. The van der Waals surface area contributed by atoms with E-state index < -0.39 is 0 Å². The van der Waals surface area contributed by atoms with Gasteiger partial charge >= 0.3 is 0 Å². The maximum Gasteiger partial charge on any atom is 0.254 e. The Balaban J connectivity index is 1.63. The van der Waals surface area contributed by atoms with Crippen LogP contribution in [0.15, 0.2) is 12.1 Å².